The van der Waals surface area contributed by atoms with Crippen LogP contribution in [0, 0.1) is 0 Å². The molecule has 0 aliphatic heterocycles. The Bertz CT molecular complexity index is 316. The van der Waals surface area contributed by atoms with Gasteiger partial charge in [0.05, 0.1) is 0 Å². The molecule has 0 aromatic carbocycles. The summed E-state index contributed by atoms with van der Waals surface area (Å²) in [7, 11) is 0. The maximum absolute atomic E-state index is 8.73. The predicted molar refractivity (Wildman–Crippen MR) is 131 cm³/mol. The van der Waals surface area contributed by atoms with Crippen molar-refractivity contribution in [2.24, 2.45) is 0 Å². The smallest absolute Gasteiger partial charge is 0.157 e. The average Bonchev–Trinajstić information content (AvgIpc) is 2.76. The van der Waals surface area contributed by atoms with Gasteiger partial charge in [0.1, 0.15) is 0 Å². The Morgan fingerprint density at radius 2 is 1.03 bits per heavy atom. The van der Waals surface area contributed by atoms with Gasteiger partial charge in [-0.25, -0.2) is 0 Å². The van der Waals surface area contributed by atoms with Crippen LogP contribution >= 0.6 is 0 Å². The molecule has 3 nitrogen and oxygen atoms in total. The number of unbranched alkanes of at least 4 members (excludes halogenated alkanes) is 14. The number of aliphatic hydroxyl groups is 1. The van der Waals surface area contributed by atoms with Crippen LogP contribution < -0.4 is 0 Å². The number of ether oxygens (including phenoxy) is 2. The van der Waals surface area contributed by atoms with Gasteiger partial charge in [0, 0.05) is 19.8 Å². The number of rotatable bonds is 25. The fourth-order valence-corrected chi connectivity index (χ4v) is 3.65. The van der Waals surface area contributed by atoms with Gasteiger partial charge in [-0.05, 0) is 44.9 Å². The Morgan fingerprint density at radius 1 is 0.567 bits per heavy atom. The lowest BCUT2D eigenvalue weighted by atomic mass is 10.1. The van der Waals surface area contributed by atoms with Crippen LogP contribution in [0.3, 0.4) is 0 Å². The summed E-state index contributed by atoms with van der Waals surface area (Å²) in [5, 5.41) is 8.73. The van der Waals surface area contributed by atoms with E-state index in [0.717, 1.165) is 32.5 Å². The molecule has 0 rings (SSSR count). The van der Waals surface area contributed by atoms with Gasteiger partial charge in [-0.1, -0.05) is 103 Å². The molecule has 0 aromatic rings. The van der Waals surface area contributed by atoms with Crippen LogP contribution in [-0.2, 0) is 9.47 Å². The Labute approximate surface area is 189 Å². The zero-order valence-corrected chi connectivity index (χ0v) is 20.6. The first kappa shape index (κ1) is 29.6. The molecule has 30 heavy (non-hydrogen) atoms. The van der Waals surface area contributed by atoms with Crippen LogP contribution in [0.2, 0.25) is 0 Å². The van der Waals surface area contributed by atoms with E-state index in [4.69, 9.17) is 14.6 Å². The minimum absolute atomic E-state index is 0.0205. The van der Waals surface area contributed by atoms with Crippen molar-refractivity contribution in [2.45, 2.75) is 142 Å². The molecule has 0 saturated heterocycles. The molecule has 180 valence electrons. The molecule has 0 amide bonds. The summed E-state index contributed by atoms with van der Waals surface area (Å²) in [5.74, 6) is 0. The first-order chi connectivity index (χ1) is 14.8. The highest BCUT2D eigenvalue weighted by molar-refractivity contribution is 4.80. The zero-order valence-electron chi connectivity index (χ0n) is 20.6. The van der Waals surface area contributed by atoms with Crippen LogP contribution in [0.4, 0.5) is 0 Å². The van der Waals surface area contributed by atoms with E-state index < -0.39 is 0 Å². The Kier molecular flexibility index (Phi) is 26.3. The second kappa shape index (κ2) is 26.7. The van der Waals surface area contributed by atoms with Crippen molar-refractivity contribution in [3.63, 3.8) is 0 Å². The Morgan fingerprint density at radius 3 is 1.57 bits per heavy atom. The van der Waals surface area contributed by atoms with E-state index >= 15 is 0 Å². The van der Waals surface area contributed by atoms with Crippen molar-refractivity contribution in [1.82, 2.24) is 0 Å². The molecule has 0 aromatic heterocycles. The summed E-state index contributed by atoms with van der Waals surface area (Å²) in [6.07, 6.45) is 28.0. The molecular weight excluding hydrogens is 372 g/mol. The summed E-state index contributed by atoms with van der Waals surface area (Å²) in [5.41, 5.74) is 0. The number of hydrogen-bond donors (Lipinski definition) is 1. The summed E-state index contributed by atoms with van der Waals surface area (Å²) < 4.78 is 12.1. The largest absolute Gasteiger partial charge is 0.396 e. The van der Waals surface area contributed by atoms with E-state index in [0.29, 0.717) is 0 Å². The van der Waals surface area contributed by atoms with E-state index in [1.807, 2.05) is 0 Å². The fraction of sp³-hybridized carbons (Fsp3) is 0.926. The standard InChI is InChI=1S/C27H54O3/c1-3-5-7-21-25-29-27(30-26-22-8-6-4-2)23-19-17-15-13-11-9-10-12-14-16-18-20-24-28/h16,18,27-28H,3-15,17,19-26H2,1-2H3/b18-16+. The molecular formula is C27H54O3. The third kappa shape index (κ3) is 23.9. The minimum atomic E-state index is 0.0205. The predicted octanol–water partition coefficient (Wildman–Crippen LogP) is 8.35. The maximum atomic E-state index is 8.73. The lowest BCUT2D eigenvalue weighted by molar-refractivity contribution is -0.148. The van der Waals surface area contributed by atoms with Crippen LogP contribution in [0.15, 0.2) is 12.2 Å². The van der Waals surface area contributed by atoms with E-state index in [1.54, 1.807) is 0 Å². The van der Waals surface area contributed by atoms with Crippen molar-refractivity contribution in [3.05, 3.63) is 12.2 Å². The van der Waals surface area contributed by atoms with Gasteiger partial charge in [0.15, 0.2) is 6.29 Å². The highest BCUT2D eigenvalue weighted by Crippen LogP contribution is 2.14. The van der Waals surface area contributed by atoms with Crippen molar-refractivity contribution in [2.75, 3.05) is 19.8 Å². The highest BCUT2D eigenvalue weighted by atomic mass is 16.7. The van der Waals surface area contributed by atoms with Gasteiger partial charge in [0.2, 0.25) is 0 Å². The monoisotopic (exact) mass is 426 g/mol. The highest BCUT2D eigenvalue weighted by Gasteiger charge is 2.09. The quantitative estimate of drug-likeness (QED) is 0.0905. The lowest BCUT2D eigenvalue weighted by Gasteiger charge is -2.19. The van der Waals surface area contributed by atoms with Crippen molar-refractivity contribution in [1.29, 1.82) is 0 Å². The summed E-state index contributed by atoms with van der Waals surface area (Å²) in [6, 6.07) is 0. The van der Waals surface area contributed by atoms with Crippen LogP contribution in [0.5, 0.6) is 0 Å². The van der Waals surface area contributed by atoms with Crippen molar-refractivity contribution >= 4 is 0 Å². The molecule has 0 radical (unpaired) electrons. The first-order valence-corrected chi connectivity index (χ1v) is 13.3. The third-order valence-electron chi connectivity index (χ3n) is 5.63. The molecule has 0 aliphatic carbocycles. The summed E-state index contributed by atoms with van der Waals surface area (Å²) in [4.78, 5) is 0. The number of allylic oxidation sites excluding steroid dienone is 1. The van der Waals surface area contributed by atoms with Crippen LogP contribution in [0.25, 0.3) is 0 Å². The normalized spacial score (nSPS) is 11.9. The van der Waals surface area contributed by atoms with E-state index in [9.17, 15) is 0 Å². The van der Waals surface area contributed by atoms with Crippen LogP contribution in [-0.4, -0.2) is 31.2 Å². The van der Waals surface area contributed by atoms with Crippen molar-refractivity contribution < 1.29 is 14.6 Å². The van der Waals surface area contributed by atoms with Gasteiger partial charge >= 0.3 is 0 Å². The van der Waals surface area contributed by atoms with E-state index in [-0.39, 0.29) is 12.9 Å². The SMILES string of the molecule is CCCCCCOC(CCCCCCCCCC/C=C/CCO)OCCCCCC. The molecule has 0 spiro atoms. The molecule has 0 aliphatic rings. The molecule has 0 heterocycles. The maximum Gasteiger partial charge on any atom is 0.157 e. The fourth-order valence-electron chi connectivity index (χ4n) is 3.65. The van der Waals surface area contributed by atoms with Crippen LogP contribution in [0.1, 0.15) is 136 Å². The van der Waals surface area contributed by atoms with Gasteiger partial charge in [-0.15, -0.1) is 0 Å². The Hall–Kier alpha value is -0.380. The zero-order chi connectivity index (χ0) is 22.0. The summed E-state index contributed by atoms with van der Waals surface area (Å²) in [6.45, 7) is 6.49. The topological polar surface area (TPSA) is 38.7 Å². The molecule has 1 N–H and O–H groups in total. The number of hydrogen-bond acceptors (Lipinski definition) is 3. The van der Waals surface area contributed by atoms with Crippen molar-refractivity contribution in [3.8, 4) is 0 Å². The molecule has 0 fully saturated rings. The number of aliphatic hydroxyl groups excluding tert-OH is 1. The summed E-state index contributed by atoms with van der Waals surface area (Å²) >= 11 is 0. The molecule has 0 bridgehead atoms. The van der Waals surface area contributed by atoms with Gasteiger partial charge in [-0.2, -0.15) is 0 Å². The molecule has 0 saturated carbocycles. The molecule has 3 heteroatoms. The van der Waals surface area contributed by atoms with E-state index in [1.165, 1.54) is 103 Å². The van der Waals surface area contributed by atoms with E-state index in [2.05, 4.69) is 26.0 Å². The van der Waals surface area contributed by atoms with Gasteiger partial charge in [-0.3, -0.25) is 0 Å². The first-order valence-electron chi connectivity index (χ1n) is 13.3. The molecule has 0 unspecified atom stereocenters. The van der Waals surface area contributed by atoms with Gasteiger partial charge < -0.3 is 14.6 Å². The average molecular weight is 427 g/mol. The van der Waals surface area contributed by atoms with Gasteiger partial charge in [0.25, 0.3) is 0 Å². The molecule has 0 atom stereocenters. The Balaban J connectivity index is 3.65. The second-order valence-corrected chi connectivity index (χ2v) is 8.68. The second-order valence-electron chi connectivity index (χ2n) is 8.68. The third-order valence-corrected chi connectivity index (χ3v) is 5.63. The lowest BCUT2D eigenvalue weighted by Crippen LogP contribution is -2.19. The minimum Gasteiger partial charge on any atom is -0.396 e.